The maximum absolute atomic E-state index is 13.8. The van der Waals surface area contributed by atoms with Crippen molar-refractivity contribution in [2.45, 2.75) is 78.2 Å². The summed E-state index contributed by atoms with van der Waals surface area (Å²) in [5, 5.41) is 18.2. The number of aryl methyl sites for hydroxylation is 2. The van der Waals surface area contributed by atoms with Gasteiger partial charge in [-0.3, -0.25) is 9.48 Å². The third-order valence-corrected chi connectivity index (χ3v) is 9.59. The van der Waals surface area contributed by atoms with Crippen molar-refractivity contribution in [3.8, 4) is 0 Å². The highest BCUT2D eigenvalue weighted by Gasteiger charge is 2.40. The topological polar surface area (TPSA) is 115 Å². The van der Waals surface area contributed by atoms with Crippen LogP contribution in [-0.4, -0.2) is 45.3 Å². The van der Waals surface area contributed by atoms with Gasteiger partial charge in [-0.1, -0.05) is 55.0 Å². The number of hydrogen-bond acceptors (Lipinski definition) is 6. The van der Waals surface area contributed by atoms with Gasteiger partial charge in [-0.15, -0.1) is 5.10 Å². The molecule has 1 N–H and O–H groups in total. The Morgan fingerprint density at radius 3 is 2.62 bits per heavy atom. The van der Waals surface area contributed by atoms with Crippen LogP contribution in [0.3, 0.4) is 0 Å². The normalized spacial score (nSPS) is 18.3. The summed E-state index contributed by atoms with van der Waals surface area (Å²) in [7, 11) is -3.71. The van der Waals surface area contributed by atoms with E-state index in [-0.39, 0.29) is 19.1 Å². The maximum Gasteiger partial charge on any atom is 0.312 e. The van der Waals surface area contributed by atoms with Gasteiger partial charge in [0.15, 0.2) is 0 Å². The number of ether oxygens (including phenoxy) is 1. The highest BCUT2D eigenvalue weighted by molar-refractivity contribution is 7.89. The number of fused-ring (bicyclic) bond motifs is 1. The zero-order valence-corrected chi connectivity index (χ0v) is 24.1. The molecule has 0 radical (unpaired) electrons. The van der Waals surface area contributed by atoms with Gasteiger partial charge in [0.1, 0.15) is 5.69 Å². The summed E-state index contributed by atoms with van der Waals surface area (Å²) in [6.07, 6.45) is 2.56. The molecule has 3 aromatic rings. The quantitative estimate of drug-likeness (QED) is 0.385. The number of carboxylic acids is 1. The van der Waals surface area contributed by atoms with Crippen molar-refractivity contribution in [1.82, 2.24) is 19.3 Å². The van der Waals surface area contributed by atoms with E-state index in [0.717, 1.165) is 23.1 Å². The number of nitrogens with zero attached hydrogens (tertiary/aromatic N) is 4. The number of carbonyl (C=O) groups is 1. The van der Waals surface area contributed by atoms with Crippen LogP contribution in [0.4, 0.5) is 0 Å². The first-order chi connectivity index (χ1) is 18.5. The van der Waals surface area contributed by atoms with E-state index in [1.165, 1.54) is 0 Å². The van der Waals surface area contributed by atoms with Crippen molar-refractivity contribution in [1.29, 1.82) is 0 Å². The Kier molecular flexibility index (Phi) is 8.58. The number of aromatic nitrogens is 3. The smallest absolute Gasteiger partial charge is 0.312 e. The third-order valence-electron chi connectivity index (χ3n) is 7.68. The molecule has 0 bridgehead atoms. The van der Waals surface area contributed by atoms with Crippen molar-refractivity contribution in [3.63, 3.8) is 0 Å². The molecule has 2 atom stereocenters. The van der Waals surface area contributed by atoms with Crippen LogP contribution in [0, 0.1) is 18.3 Å². The fourth-order valence-electron chi connectivity index (χ4n) is 5.02. The van der Waals surface area contributed by atoms with Crippen LogP contribution in [-0.2, 0) is 45.7 Å². The van der Waals surface area contributed by atoms with Gasteiger partial charge in [-0.05, 0) is 68.4 Å². The van der Waals surface area contributed by atoms with E-state index >= 15 is 0 Å². The molecule has 2 heterocycles. The van der Waals surface area contributed by atoms with E-state index in [2.05, 4.69) is 17.2 Å². The first-order valence-corrected chi connectivity index (χ1v) is 14.8. The molecule has 1 aromatic heterocycles. The van der Waals surface area contributed by atoms with E-state index in [1.54, 1.807) is 41.2 Å². The summed E-state index contributed by atoms with van der Waals surface area (Å²) < 4.78 is 37.0. The van der Waals surface area contributed by atoms with Crippen LogP contribution in [0.5, 0.6) is 0 Å². The third kappa shape index (κ3) is 6.08. The molecule has 39 heavy (non-hydrogen) atoms. The van der Waals surface area contributed by atoms with E-state index in [4.69, 9.17) is 4.74 Å². The summed E-state index contributed by atoms with van der Waals surface area (Å²) in [6.45, 7) is 10.6. The molecule has 1 aliphatic heterocycles. The standard InChI is InChI=1S/C29H38N4O5S/c1-6-21-14-22-10-8-9-11-26(22)39(36,37)33(16-21)17-24-15-23(13-12-20(24)3)27(29(4,5)28(34)35)38-19-25-18-32(7-2)31-30-25/h8-13,15,18,21,27H,6-7,14,16-17,19H2,1-5H3,(H,34,35)/t21-,27-/m1/s1. The Hall–Kier alpha value is -3.08. The Bertz CT molecular complexity index is 1430. The van der Waals surface area contributed by atoms with Crippen LogP contribution < -0.4 is 0 Å². The largest absolute Gasteiger partial charge is 0.481 e. The lowest BCUT2D eigenvalue weighted by molar-refractivity contribution is -0.158. The fraction of sp³-hybridized carbons (Fsp3) is 0.483. The van der Waals surface area contributed by atoms with Crippen LogP contribution in [0.2, 0.25) is 0 Å². The molecule has 9 nitrogen and oxygen atoms in total. The first-order valence-electron chi connectivity index (χ1n) is 13.4. The van der Waals surface area contributed by atoms with Gasteiger partial charge >= 0.3 is 5.97 Å². The van der Waals surface area contributed by atoms with Gasteiger partial charge in [0, 0.05) is 19.6 Å². The predicted molar refractivity (Wildman–Crippen MR) is 147 cm³/mol. The van der Waals surface area contributed by atoms with Gasteiger partial charge < -0.3 is 9.84 Å². The zero-order chi connectivity index (χ0) is 28.4. The highest BCUT2D eigenvalue weighted by atomic mass is 32.2. The summed E-state index contributed by atoms with van der Waals surface area (Å²) in [4.78, 5) is 12.6. The molecule has 0 aliphatic carbocycles. The SMILES string of the molecule is CC[C@@H]1Cc2ccccc2S(=O)(=O)N(Cc2cc([C@@H](OCc3cn(CC)nn3)C(C)(C)C(=O)O)ccc2C)C1. The number of benzene rings is 2. The lowest BCUT2D eigenvalue weighted by Gasteiger charge is -2.31. The van der Waals surface area contributed by atoms with Crippen LogP contribution >= 0.6 is 0 Å². The van der Waals surface area contributed by atoms with Gasteiger partial charge in [0.25, 0.3) is 0 Å². The van der Waals surface area contributed by atoms with Crippen molar-refractivity contribution in [2.75, 3.05) is 6.54 Å². The minimum atomic E-state index is -3.71. The van der Waals surface area contributed by atoms with Crippen molar-refractivity contribution in [2.24, 2.45) is 11.3 Å². The number of carboxylic acid groups (broad SMARTS) is 1. The lowest BCUT2D eigenvalue weighted by atomic mass is 9.81. The van der Waals surface area contributed by atoms with Gasteiger partial charge in [0.05, 0.1) is 29.2 Å². The maximum atomic E-state index is 13.8. The van der Waals surface area contributed by atoms with E-state index < -0.39 is 27.5 Å². The molecule has 0 fully saturated rings. The molecule has 210 valence electrons. The molecule has 0 saturated carbocycles. The number of sulfonamides is 1. The molecular formula is C29H38N4O5S. The average Bonchev–Trinajstić information content (AvgIpc) is 3.33. The lowest BCUT2D eigenvalue weighted by Crippen LogP contribution is -2.34. The predicted octanol–water partition coefficient (Wildman–Crippen LogP) is 4.75. The summed E-state index contributed by atoms with van der Waals surface area (Å²) in [5.41, 5.74) is 2.62. The summed E-state index contributed by atoms with van der Waals surface area (Å²) >= 11 is 0. The van der Waals surface area contributed by atoms with Gasteiger partial charge in [-0.25, -0.2) is 8.42 Å². The van der Waals surface area contributed by atoms with Crippen molar-refractivity contribution in [3.05, 3.63) is 76.6 Å². The summed E-state index contributed by atoms with van der Waals surface area (Å²) in [5.74, 6) is -0.796. The van der Waals surface area contributed by atoms with E-state index in [0.29, 0.717) is 35.7 Å². The number of hydrogen-bond donors (Lipinski definition) is 1. The fourth-order valence-corrected chi connectivity index (χ4v) is 6.75. The second kappa shape index (κ2) is 11.6. The number of rotatable bonds is 10. The van der Waals surface area contributed by atoms with Crippen molar-refractivity contribution < 1.29 is 23.1 Å². The Balaban J connectivity index is 1.68. The first kappa shape index (κ1) is 28.9. The molecule has 4 rings (SSSR count). The summed E-state index contributed by atoms with van der Waals surface area (Å²) in [6, 6.07) is 12.9. The van der Waals surface area contributed by atoms with Crippen LogP contribution in [0.25, 0.3) is 0 Å². The minimum Gasteiger partial charge on any atom is -0.481 e. The molecule has 2 aromatic carbocycles. The molecular weight excluding hydrogens is 516 g/mol. The van der Waals surface area contributed by atoms with Crippen LogP contribution in [0.1, 0.15) is 68.2 Å². The van der Waals surface area contributed by atoms with Gasteiger partial charge in [-0.2, -0.15) is 4.31 Å². The average molecular weight is 555 g/mol. The number of aliphatic carboxylic acids is 1. The second-order valence-corrected chi connectivity index (χ2v) is 12.8. The highest BCUT2D eigenvalue weighted by Crippen LogP contribution is 2.39. The van der Waals surface area contributed by atoms with Crippen molar-refractivity contribution >= 4 is 16.0 Å². The van der Waals surface area contributed by atoms with Gasteiger partial charge in [0.2, 0.25) is 10.0 Å². The molecule has 10 heteroatoms. The van der Waals surface area contributed by atoms with E-state index in [1.807, 2.05) is 44.2 Å². The van der Waals surface area contributed by atoms with E-state index in [9.17, 15) is 18.3 Å². The molecule has 0 unspecified atom stereocenters. The Labute approximate surface area is 230 Å². The molecule has 0 saturated heterocycles. The van der Waals surface area contributed by atoms with Crippen LogP contribution in [0.15, 0.2) is 53.6 Å². The molecule has 1 aliphatic rings. The Morgan fingerprint density at radius 1 is 1.21 bits per heavy atom. The molecule has 0 amide bonds. The second-order valence-electron chi connectivity index (χ2n) is 10.9. The zero-order valence-electron chi connectivity index (χ0n) is 23.3. The molecule has 0 spiro atoms. The monoisotopic (exact) mass is 554 g/mol. The Morgan fingerprint density at radius 2 is 1.95 bits per heavy atom. The minimum absolute atomic E-state index is 0.0973.